The predicted molar refractivity (Wildman–Crippen MR) is 148 cm³/mol. The van der Waals surface area contributed by atoms with E-state index >= 15 is 0 Å². The number of aryl methyl sites for hydroxylation is 3. The van der Waals surface area contributed by atoms with E-state index in [-0.39, 0.29) is 11.5 Å². The van der Waals surface area contributed by atoms with Crippen molar-refractivity contribution >= 4 is 11.8 Å². The number of hydrogen-bond donors (Lipinski definition) is 2. The van der Waals surface area contributed by atoms with Gasteiger partial charge in [0.05, 0.1) is 12.0 Å². The van der Waals surface area contributed by atoms with E-state index in [0.717, 1.165) is 36.3 Å². The van der Waals surface area contributed by atoms with Crippen LogP contribution in [0.2, 0.25) is 0 Å². The third-order valence-electron chi connectivity index (χ3n) is 5.78. The number of nitrogens with zero attached hydrogens (tertiary/aromatic N) is 1. The van der Waals surface area contributed by atoms with Crippen molar-refractivity contribution in [3.05, 3.63) is 82.8 Å². The second-order valence-corrected chi connectivity index (χ2v) is 9.02. The van der Waals surface area contributed by atoms with Crippen LogP contribution in [-0.2, 0) is 4.79 Å². The number of carbonyl (C=O) groups excluding carboxylic acids is 2. The normalized spacial score (nSPS) is 15.9. The molecule has 2 unspecified atom stereocenters. The van der Waals surface area contributed by atoms with Gasteiger partial charge in [-0.15, -0.1) is 0 Å². The van der Waals surface area contributed by atoms with E-state index in [2.05, 4.69) is 11.9 Å². The van der Waals surface area contributed by atoms with E-state index in [4.69, 9.17) is 5.11 Å². The van der Waals surface area contributed by atoms with Gasteiger partial charge >= 0.3 is 12.2 Å². The molecule has 39 heavy (non-hydrogen) atoms. The van der Waals surface area contributed by atoms with Gasteiger partial charge in [0.15, 0.2) is 5.78 Å². The molecule has 2 amide bonds. The first-order chi connectivity index (χ1) is 18.1. The van der Waals surface area contributed by atoms with Crippen LogP contribution < -0.4 is 5.32 Å². The lowest BCUT2D eigenvalue weighted by Gasteiger charge is -2.32. The third-order valence-corrected chi connectivity index (χ3v) is 5.78. The Hall–Kier alpha value is -3.20. The van der Waals surface area contributed by atoms with Gasteiger partial charge in [0.1, 0.15) is 11.9 Å². The monoisotopic (exact) mass is 554 g/mol. The second kappa shape index (κ2) is 16.7. The van der Waals surface area contributed by atoms with Crippen molar-refractivity contribution in [1.82, 2.24) is 10.2 Å². The molecule has 0 aliphatic carbocycles. The van der Waals surface area contributed by atoms with E-state index in [1.54, 1.807) is 25.1 Å². The Morgan fingerprint density at radius 1 is 1.08 bits per heavy atom. The number of nitrogens with one attached hydrogen (secondary N) is 1. The first kappa shape index (κ1) is 35.8. The molecule has 1 fully saturated rings. The number of benzene rings is 2. The lowest BCUT2D eigenvalue weighted by Crippen LogP contribution is -2.49. The van der Waals surface area contributed by atoms with Crippen LogP contribution in [0.25, 0.3) is 0 Å². The van der Waals surface area contributed by atoms with Gasteiger partial charge in [0.25, 0.3) is 0 Å². The average molecular weight is 555 g/mol. The number of halogens is 4. The highest BCUT2D eigenvalue weighted by Gasteiger charge is 2.50. The molecule has 9 heteroatoms. The van der Waals surface area contributed by atoms with Gasteiger partial charge < -0.3 is 10.4 Å². The minimum atomic E-state index is -4.60. The summed E-state index contributed by atoms with van der Waals surface area (Å²) < 4.78 is 51.9. The molecular formula is C30H42F4N2O3. The van der Waals surface area contributed by atoms with Gasteiger partial charge in [-0.05, 0) is 56.9 Å². The summed E-state index contributed by atoms with van der Waals surface area (Å²) in [6, 6.07) is 9.39. The van der Waals surface area contributed by atoms with E-state index < -0.39 is 36.0 Å². The first-order valence-electron chi connectivity index (χ1n) is 12.9. The number of carbonyl (C=O) groups is 2. The van der Waals surface area contributed by atoms with E-state index in [1.165, 1.54) is 6.07 Å². The topological polar surface area (TPSA) is 69.6 Å². The molecule has 0 bridgehead atoms. The van der Waals surface area contributed by atoms with Crippen molar-refractivity contribution in [2.45, 2.75) is 80.1 Å². The van der Waals surface area contributed by atoms with Gasteiger partial charge in [-0.25, -0.2) is 9.18 Å². The summed E-state index contributed by atoms with van der Waals surface area (Å²) in [5.41, 5.74) is 3.53. The Morgan fingerprint density at radius 2 is 1.56 bits per heavy atom. The second-order valence-electron chi connectivity index (χ2n) is 9.02. The van der Waals surface area contributed by atoms with Crippen LogP contribution in [-0.4, -0.2) is 40.6 Å². The fraction of sp³-hybridized carbons (Fsp3) is 0.467. The quantitative estimate of drug-likeness (QED) is 0.374. The van der Waals surface area contributed by atoms with Gasteiger partial charge in [0.2, 0.25) is 0 Å². The number of urea groups is 1. The van der Waals surface area contributed by atoms with Crippen molar-refractivity contribution in [2.24, 2.45) is 5.92 Å². The van der Waals surface area contributed by atoms with Crippen LogP contribution in [0.15, 0.2) is 54.7 Å². The summed E-state index contributed by atoms with van der Waals surface area (Å²) in [6.45, 7) is 17.5. The highest BCUT2D eigenvalue weighted by Crippen LogP contribution is 2.37. The molecule has 0 spiro atoms. The van der Waals surface area contributed by atoms with Crippen LogP contribution in [0.4, 0.5) is 22.4 Å². The van der Waals surface area contributed by atoms with Gasteiger partial charge in [-0.2, -0.15) is 13.2 Å². The Bertz CT molecular complexity index is 1070. The SMILES string of the molecule is C=C1[C@@H](c2ccc(C)cc2)NC(=O)N1C(C(C)=O)C(C)C(F)(F)F.CC.CCCO.Cc1ccc(C)c(F)c1. The summed E-state index contributed by atoms with van der Waals surface area (Å²) in [4.78, 5) is 24.9. The molecule has 1 aliphatic rings. The predicted octanol–water partition coefficient (Wildman–Crippen LogP) is 7.59. The van der Waals surface area contributed by atoms with Crippen LogP contribution in [0.5, 0.6) is 0 Å². The number of amides is 2. The number of Topliss-reactive ketones (excluding diaryl/α,β-unsaturated/α-hetero) is 1. The molecular weight excluding hydrogens is 512 g/mol. The molecule has 3 atom stereocenters. The van der Waals surface area contributed by atoms with Crippen molar-refractivity contribution in [3.8, 4) is 0 Å². The highest BCUT2D eigenvalue weighted by atomic mass is 19.4. The maximum absolute atomic E-state index is 13.1. The minimum absolute atomic E-state index is 0.116. The van der Waals surface area contributed by atoms with Gasteiger partial charge in [-0.3, -0.25) is 9.69 Å². The number of alkyl halides is 3. The molecule has 2 N–H and O–H groups in total. The highest BCUT2D eigenvalue weighted by molar-refractivity contribution is 5.90. The van der Waals surface area contributed by atoms with Crippen molar-refractivity contribution in [1.29, 1.82) is 0 Å². The van der Waals surface area contributed by atoms with Crippen LogP contribution >= 0.6 is 0 Å². The average Bonchev–Trinajstić information content (AvgIpc) is 3.17. The van der Waals surface area contributed by atoms with Crippen LogP contribution in [0, 0.1) is 32.5 Å². The zero-order valence-electron chi connectivity index (χ0n) is 24.1. The van der Waals surface area contributed by atoms with E-state index in [9.17, 15) is 27.2 Å². The molecule has 218 valence electrons. The molecule has 5 nitrogen and oxygen atoms in total. The lowest BCUT2D eigenvalue weighted by molar-refractivity contribution is -0.184. The smallest absolute Gasteiger partial charge is 0.393 e. The molecule has 3 rings (SSSR count). The molecule has 0 aromatic heterocycles. The third kappa shape index (κ3) is 10.8. The van der Waals surface area contributed by atoms with Crippen molar-refractivity contribution in [3.63, 3.8) is 0 Å². The van der Waals surface area contributed by atoms with Crippen LogP contribution in [0.1, 0.15) is 69.3 Å². The molecule has 1 saturated heterocycles. The summed E-state index contributed by atoms with van der Waals surface area (Å²) in [5.74, 6) is -2.84. The van der Waals surface area contributed by atoms with Crippen LogP contribution in [0.3, 0.4) is 0 Å². The standard InChI is InChI=1S/C17H19F3N2O2.C8H9F.C3H8O.C2H6/c1-9-5-7-13(8-6-9)14-11(3)22(16(24)21-14)15(12(4)23)10(2)17(18,19)20;1-6-3-4-7(2)8(9)5-6;1-2-3-4;1-2/h5-8,10,14-15H,3H2,1-2,4H3,(H,21,24);3-5H,1-2H3;4H,2-3H2,1H3;1-2H3/t10?,14-,15?;;;/m0.../s1. The van der Waals surface area contributed by atoms with E-state index in [0.29, 0.717) is 17.7 Å². The number of hydrogen-bond acceptors (Lipinski definition) is 3. The summed E-state index contributed by atoms with van der Waals surface area (Å²) in [6.07, 6.45) is -3.72. The minimum Gasteiger partial charge on any atom is -0.396 e. The summed E-state index contributed by atoms with van der Waals surface area (Å²) in [5, 5.41) is 10.5. The van der Waals surface area contributed by atoms with Crippen molar-refractivity contribution < 1.29 is 32.3 Å². The number of rotatable bonds is 5. The Balaban J connectivity index is 0.000000790. The van der Waals surface area contributed by atoms with Gasteiger partial charge in [-0.1, -0.05) is 76.2 Å². The zero-order valence-corrected chi connectivity index (χ0v) is 24.1. The van der Waals surface area contributed by atoms with Crippen molar-refractivity contribution in [2.75, 3.05) is 6.61 Å². The molecule has 1 aliphatic heterocycles. The summed E-state index contributed by atoms with van der Waals surface area (Å²) in [7, 11) is 0. The first-order valence-corrected chi connectivity index (χ1v) is 12.9. The van der Waals surface area contributed by atoms with Gasteiger partial charge in [0, 0.05) is 12.3 Å². The molecule has 0 saturated carbocycles. The number of aliphatic hydroxyl groups is 1. The molecule has 0 radical (unpaired) electrons. The largest absolute Gasteiger partial charge is 0.396 e. The van der Waals surface area contributed by atoms with E-state index in [1.807, 2.05) is 52.8 Å². The number of aliphatic hydroxyl groups excluding tert-OH is 1. The fourth-order valence-corrected chi connectivity index (χ4v) is 3.52. The zero-order chi connectivity index (χ0) is 30.5. The Kier molecular flexibility index (Phi) is 15.3. The Labute approximate surface area is 229 Å². The lowest BCUT2D eigenvalue weighted by atomic mass is 9.95. The maximum Gasteiger partial charge on any atom is 0.393 e. The fourth-order valence-electron chi connectivity index (χ4n) is 3.52. The molecule has 2 aromatic carbocycles. The molecule has 2 aromatic rings. The number of ketones is 1. The Morgan fingerprint density at radius 3 is 1.95 bits per heavy atom. The summed E-state index contributed by atoms with van der Waals surface area (Å²) >= 11 is 0. The molecule has 1 heterocycles. The maximum atomic E-state index is 13.1.